The van der Waals surface area contributed by atoms with Crippen molar-refractivity contribution in [2.24, 2.45) is 11.8 Å². The molecule has 29 heavy (non-hydrogen) atoms. The molecular formula is C22H28O7. The number of carbonyl (C=O) groups excluding carboxylic acids is 2. The van der Waals surface area contributed by atoms with Gasteiger partial charge in [-0.1, -0.05) is 30.4 Å². The number of benzene rings is 1. The third-order valence-electron chi connectivity index (χ3n) is 5.09. The largest absolute Gasteiger partial charge is 0.493 e. The van der Waals surface area contributed by atoms with Gasteiger partial charge in [-0.05, 0) is 43.7 Å². The van der Waals surface area contributed by atoms with E-state index in [9.17, 15) is 24.6 Å². The highest BCUT2D eigenvalue weighted by Gasteiger charge is 2.36. The monoisotopic (exact) mass is 404 g/mol. The van der Waals surface area contributed by atoms with Crippen LogP contribution in [0, 0.1) is 11.8 Å². The van der Waals surface area contributed by atoms with Crippen molar-refractivity contribution in [2.45, 2.75) is 50.7 Å². The van der Waals surface area contributed by atoms with E-state index < -0.39 is 24.0 Å². The predicted octanol–water partition coefficient (Wildman–Crippen LogP) is 2.50. The smallest absolute Gasteiger partial charge is 0.364 e. The van der Waals surface area contributed by atoms with Gasteiger partial charge >= 0.3 is 5.97 Å². The Hall–Kier alpha value is -2.51. The number of carboxylic acid groups (broad SMARTS) is 1. The maximum absolute atomic E-state index is 12.2. The van der Waals surface area contributed by atoms with Gasteiger partial charge in [-0.15, -0.1) is 0 Å². The average Bonchev–Trinajstić information content (AvgIpc) is 3.02. The normalized spacial score (nSPS) is 19.6. The molecule has 1 aliphatic rings. The second kappa shape index (κ2) is 10.9. The molecule has 0 aliphatic heterocycles. The second-order valence-electron chi connectivity index (χ2n) is 7.38. The highest BCUT2D eigenvalue weighted by molar-refractivity contribution is 5.86. The lowest BCUT2D eigenvalue weighted by Crippen LogP contribution is -2.40. The van der Waals surface area contributed by atoms with E-state index in [1.807, 2.05) is 42.5 Å². The summed E-state index contributed by atoms with van der Waals surface area (Å²) in [4.78, 5) is 34.6. The first-order chi connectivity index (χ1) is 13.8. The van der Waals surface area contributed by atoms with Crippen molar-refractivity contribution < 1.29 is 34.4 Å². The minimum absolute atomic E-state index is 0.0152. The molecule has 7 heteroatoms. The third kappa shape index (κ3) is 7.44. The zero-order chi connectivity index (χ0) is 21.3. The molecule has 0 aromatic heterocycles. The zero-order valence-electron chi connectivity index (χ0n) is 16.3. The Morgan fingerprint density at radius 2 is 1.93 bits per heavy atom. The van der Waals surface area contributed by atoms with Gasteiger partial charge in [-0.3, -0.25) is 9.59 Å². The number of ether oxygens (including phenoxy) is 1. The minimum Gasteiger partial charge on any atom is -0.493 e. The summed E-state index contributed by atoms with van der Waals surface area (Å²) in [7, 11) is 0. The van der Waals surface area contributed by atoms with Crippen LogP contribution >= 0.6 is 0 Å². The Bertz CT molecular complexity index is 724. The quantitative estimate of drug-likeness (QED) is 0.278. The maximum Gasteiger partial charge on any atom is 0.364 e. The SMILES string of the molecule is O=C(CCC[C@H]1C(=O)CC[C@@H]1/C=C/CCOc1ccccc1)CC(O)(O)C(=O)O. The number of aliphatic hydroxyl groups is 2. The Kier molecular flexibility index (Phi) is 8.54. The molecule has 0 unspecified atom stereocenters. The van der Waals surface area contributed by atoms with Gasteiger partial charge in [0, 0.05) is 18.8 Å². The molecule has 2 rings (SSSR count). The number of ketones is 2. The lowest BCUT2D eigenvalue weighted by molar-refractivity contribution is -0.205. The van der Waals surface area contributed by atoms with Crippen LogP contribution in [0.5, 0.6) is 5.75 Å². The van der Waals surface area contributed by atoms with Gasteiger partial charge in [0.25, 0.3) is 5.79 Å². The van der Waals surface area contributed by atoms with E-state index in [0.717, 1.165) is 18.6 Å². The number of aliphatic carboxylic acids is 1. The Labute approximate surface area is 170 Å². The summed E-state index contributed by atoms with van der Waals surface area (Å²) in [6, 6.07) is 9.53. The van der Waals surface area contributed by atoms with Crippen molar-refractivity contribution >= 4 is 17.5 Å². The van der Waals surface area contributed by atoms with E-state index in [1.54, 1.807) is 0 Å². The molecule has 3 N–H and O–H groups in total. The fraction of sp³-hybridized carbons (Fsp3) is 0.500. The number of carbonyl (C=O) groups is 3. The summed E-state index contributed by atoms with van der Waals surface area (Å²) in [5.41, 5.74) is 0. The Morgan fingerprint density at radius 3 is 2.62 bits per heavy atom. The second-order valence-corrected chi connectivity index (χ2v) is 7.38. The molecule has 0 saturated heterocycles. The molecule has 2 atom stereocenters. The van der Waals surface area contributed by atoms with Gasteiger partial charge in [0.2, 0.25) is 0 Å². The number of rotatable bonds is 12. The molecule has 7 nitrogen and oxygen atoms in total. The summed E-state index contributed by atoms with van der Waals surface area (Å²) >= 11 is 0. The van der Waals surface area contributed by atoms with Crippen molar-refractivity contribution in [2.75, 3.05) is 6.61 Å². The number of Topliss-reactive ketones (excluding diaryl/α,β-unsaturated/α-hetero) is 2. The van der Waals surface area contributed by atoms with Gasteiger partial charge < -0.3 is 20.1 Å². The van der Waals surface area contributed by atoms with Crippen molar-refractivity contribution in [1.29, 1.82) is 0 Å². The van der Waals surface area contributed by atoms with Crippen LogP contribution in [0.4, 0.5) is 0 Å². The first kappa shape index (κ1) is 22.8. The van der Waals surface area contributed by atoms with Gasteiger partial charge in [0.15, 0.2) is 0 Å². The molecule has 1 fully saturated rings. The molecule has 1 aromatic rings. The molecule has 0 amide bonds. The van der Waals surface area contributed by atoms with Crippen LogP contribution < -0.4 is 4.74 Å². The number of carboxylic acids is 1. The summed E-state index contributed by atoms with van der Waals surface area (Å²) < 4.78 is 5.63. The predicted molar refractivity (Wildman–Crippen MR) is 105 cm³/mol. The zero-order valence-corrected chi connectivity index (χ0v) is 16.3. The van der Waals surface area contributed by atoms with Crippen LogP contribution in [0.1, 0.15) is 44.9 Å². The van der Waals surface area contributed by atoms with Crippen LogP contribution in [0.2, 0.25) is 0 Å². The topological polar surface area (TPSA) is 121 Å². The van der Waals surface area contributed by atoms with Crippen molar-refractivity contribution in [1.82, 2.24) is 0 Å². The fourth-order valence-corrected chi connectivity index (χ4v) is 3.53. The summed E-state index contributed by atoms with van der Waals surface area (Å²) in [5, 5.41) is 27.1. The van der Waals surface area contributed by atoms with Crippen LogP contribution in [0.15, 0.2) is 42.5 Å². The van der Waals surface area contributed by atoms with Crippen molar-refractivity contribution in [3.63, 3.8) is 0 Å². The number of hydrogen-bond acceptors (Lipinski definition) is 6. The maximum atomic E-state index is 12.2. The average molecular weight is 404 g/mol. The van der Waals surface area contributed by atoms with E-state index in [2.05, 4.69) is 0 Å². The first-order valence-electron chi connectivity index (χ1n) is 9.86. The van der Waals surface area contributed by atoms with Crippen molar-refractivity contribution in [3.8, 4) is 5.75 Å². The van der Waals surface area contributed by atoms with Crippen LogP contribution in [-0.4, -0.2) is 45.2 Å². The van der Waals surface area contributed by atoms with Crippen LogP contribution in [-0.2, 0) is 14.4 Å². The fourth-order valence-electron chi connectivity index (χ4n) is 3.53. The summed E-state index contributed by atoms with van der Waals surface area (Å²) in [6.07, 6.45) is 6.18. The van der Waals surface area contributed by atoms with Crippen LogP contribution in [0.3, 0.4) is 0 Å². The highest BCUT2D eigenvalue weighted by Crippen LogP contribution is 2.33. The third-order valence-corrected chi connectivity index (χ3v) is 5.09. The summed E-state index contributed by atoms with van der Waals surface area (Å²) in [5.74, 6) is -4.46. The molecule has 0 radical (unpaired) electrons. The van der Waals surface area contributed by atoms with Gasteiger partial charge in [0.05, 0.1) is 13.0 Å². The lowest BCUT2D eigenvalue weighted by atomic mass is 9.89. The Morgan fingerprint density at radius 1 is 1.21 bits per heavy atom. The molecular weight excluding hydrogens is 376 g/mol. The van der Waals surface area contributed by atoms with Gasteiger partial charge in [-0.2, -0.15) is 0 Å². The lowest BCUT2D eigenvalue weighted by Gasteiger charge is -2.16. The highest BCUT2D eigenvalue weighted by atomic mass is 16.5. The summed E-state index contributed by atoms with van der Waals surface area (Å²) in [6.45, 7) is 0.550. The van der Waals surface area contributed by atoms with E-state index in [-0.39, 0.29) is 24.0 Å². The molecule has 1 saturated carbocycles. The van der Waals surface area contributed by atoms with E-state index in [4.69, 9.17) is 9.84 Å². The molecule has 0 heterocycles. The van der Waals surface area contributed by atoms with Gasteiger partial charge in [-0.25, -0.2) is 4.79 Å². The van der Waals surface area contributed by atoms with E-state index in [1.165, 1.54) is 0 Å². The molecule has 1 aromatic carbocycles. The van der Waals surface area contributed by atoms with E-state index >= 15 is 0 Å². The first-order valence-corrected chi connectivity index (χ1v) is 9.86. The number of para-hydroxylation sites is 1. The molecule has 1 aliphatic carbocycles. The number of allylic oxidation sites excluding steroid dienone is 1. The molecule has 0 spiro atoms. The molecule has 0 bridgehead atoms. The standard InChI is InChI=1S/C22H28O7/c23-17(15-22(27,28)21(25)26)8-6-11-19-16(12-13-20(19)24)7-4-5-14-29-18-9-2-1-3-10-18/h1-4,7,9-10,16,19,27-28H,5-6,8,11-15H2,(H,25,26)/b7-4+/t16-,19+/m0/s1. The van der Waals surface area contributed by atoms with Crippen LogP contribution in [0.25, 0.3) is 0 Å². The number of hydrogen-bond donors (Lipinski definition) is 3. The Balaban J connectivity index is 1.72. The van der Waals surface area contributed by atoms with E-state index in [0.29, 0.717) is 25.9 Å². The molecule has 158 valence electrons. The van der Waals surface area contributed by atoms with Gasteiger partial charge in [0.1, 0.15) is 17.3 Å². The minimum atomic E-state index is -3.03. The van der Waals surface area contributed by atoms with Crippen molar-refractivity contribution in [3.05, 3.63) is 42.5 Å².